The van der Waals surface area contributed by atoms with Crippen molar-refractivity contribution in [2.45, 2.75) is 19.9 Å². The quantitative estimate of drug-likeness (QED) is 0.857. The molecule has 1 amide bonds. The molecule has 1 atom stereocenters. The van der Waals surface area contributed by atoms with Gasteiger partial charge in [0, 0.05) is 13.1 Å². The number of nitrogens with one attached hydrogen (secondary N) is 1. The van der Waals surface area contributed by atoms with Crippen molar-refractivity contribution >= 4 is 28.2 Å². The monoisotopic (exact) mass is 270 g/mol. The number of nitrogens with zero attached hydrogens (tertiary/aromatic N) is 2. The minimum absolute atomic E-state index is 0.0510. The van der Waals surface area contributed by atoms with Gasteiger partial charge >= 0.3 is 0 Å². The normalized spacial score (nSPS) is 19.9. The first kappa shape index (κ1) is 13.1. The van der Waals surface area contributed by atoms with Crippen LogP contribution in [0.15, 0.2) is 0 Å². The number of aromatic nitrogens is 1. The molecule has 1 aliphatic rings. The van der Waals surface area contributed by atoms with Gasteiger partial charge in [-0.15, -0.1) is 0 Å². The van der Waals surface area contributed by atoms with Gasteiger partial charge in [-0.3, -0.25) is 4.79 Å². The van der Waals surface area contributed by atoms with Gasteiger partial charge in [-0.25, -0.2) is 4.98 Å². The molecule has 1 unspecified atom stereocenters. The van der Waals surface area contributed by atoms with Gasteiger partial charge in [-0.1, -0.05) is 11.3 Å². The number of morpholine rings is 1. The Labute approximate surface area is 110 Å². The summed E-state index contributed by atoms with van der Waals surface area (Å²) in [6, 6.07) is 0.0790. The Kier molecular flexibility index (Phi) is 4.03. The first-order valence-electron chi connectivity index (χ1n) is 6.02. The number of carbonyl (C=O) groups excluding carboxylic acids is 1. The Bertz CT molecular complexity index is 435. The summed E-state index contributed by atoms with van der Waals surface area (Å²) < 4.78 is 5.32. The van der Waals surface area contributed by atoms with Crippen LogP contribution in [0.2, 0.25) is 0 Å². The molecule has 1 fully saturated rings. The molecule has 6 nitrogen and oxygen atoms in total. The molecule has 2 heterocycles. The summed E-state index contributed by atoms with van der Waals surface area (Å²) >= 11 is 1.31. The summed E-state index contributed by atoms with van der Waals surface area (Å²) in [5.41, 5.74) is 5.81. The van der Waals surface area contributed by atoms with Crippen molar-refractivity contribution in [3.8, 4) is 0 Å². The summed E-state index contributed by atoms with van der Waals surface area (Å²) in [5.74, 6) is 0.254. The van der Waals surface area contributed by atoms with Gasteiger partial charge in [0.1, 0.15) is 10.7 Å². The lowest BCUT2D eigenvalue weighted by atomic mass is 10.2. The van der Waals surface area contributed by atoms with Crippen molar-refractivity contribution in [3.05, 3.63) is 4.88 Å². The highest BCUT2D eigenvalue weighted by Crippen LogP contribution is 2.27. The molecule has 0 spiro atoms. The van der Waals surface area contributed by atoms with Crippen LogP contribution in [0, 0.1) is 0 Å². The van der Waals surface area contributed by atoms with E-state index in [2.05, 4.69) is 10.3 Å². The number of hydrogen-bond donors (Lipinski definition) is 2. The molecule has 18 heavy (non-hydrogen) atoms. The Morgan fingerprint density at radius 3 is 3.17 bits per heavy atom. The van der Waals surface area contributed by atoms with E-state index in [0.29, 0.717) is 35.6 Å². The van der Waals surface area contributed by atoms with Crippen molar-refractivity contribution in [3.63, 3.8) is 0 Å². The van der Waals surface area contributed by atoms with Crippen molar-refractivity contribution in [1.82, 2.24) is 9.88 Å². The molecule has 7 heteroatoms. The summed E-state index contributed by atoms with van der Waals surface area (Å²) in [5, 5.41) is 3.76. The average Bonchev–Trinajstić information content (AvgIpc) is 2.71. The number of thiazole rings is 1. The van der Waals surface area contributed by atoms with Crippen molar-refractivity contribution in [1.29, 1.82) is 0 Å². The van der Waals surface area contributed by atoms with Crippen LogP contribution in [0.25, 0.3) is 0 Å². The van der Waals surface area contributed by atoms with E-state index in [0.717, 1.165) is 6.54 Å². The van der Waals surface area contributed by atoms with Gasteiger partial charge in [0.2, 0.25) is 0 Å². The maximum atomic E-state index is 12.4. The molecule has 0 aliphatic carbocycles. The predicted octanol–water partition coefficient (Wildman–Crippen LogP) is 1.02. The van der Waals surface area contributed by atoms with Crippen molar-refractivity contribution < 1.29 is 9.53 Å². The minimum atomic E-state index is -0.0510. The number of ether oxygens (including phenoxy) is 1. The van der Waals surface area contributed by atoms with E-state index < -0.39 is 0 Å². The van der Waals surface area contributed by atoms with Gasteiger partial charge in [0.05, 0.1) is 19.3 Å². The summed E-state index contributed by atoms with van der Waals surface area (Å²) in [6.45, 7) is 6.46. The second-order valence-electron chi connectivity index (χ2n) is 4.19. The number of hydrogen-bond acceptors (Lipinski definition) is 6. The third kappa shape index (κ3) is 2.56. The molecule has 0 radical (unpaired) electrons. The Morgan fingerprint density at radius 2 is 2.50 bits per heavy atom. The van der Waals surface area contributed by atoms with Crippen LogP contribution in [0.3, 0.4) is 0 Å². The van der Waals surface area contributed by atoms with E-state index in [1.54, 1.807) is 4.90 Å². The predicted molar refractivity (Wildman–Crippen MR) is 72.0 cm³/mol. The highest BCUT2D eigenvalue weighted by Gasteiger charge is 2.28. The highest BCUT2D eigenvalue weighted by atomic mass is 32.1. The molecular formula is C11H18N4O2S. The fourth-order valence-electron chi connectivity index (χ4n) is 1.87. The zero-order valence-corrected chi connectivity index (χ0v) is 11.4. The Balaban J connectivity index is 2.17. The van der Waals surface area contributed by atoms with Gasteiger partial charge in [0.15, 0.2) is 5.13 Å². The molecule has 3 N–H and O–H groups in total. The van der Waals surface area contributed by atoms with E-state index in [1.807, 2.05) is 13.8 Å². The zero-order valence-electron chi connectivity index (χ0n) is 10.6. The number of nitrogen functional groups attached to an aromatic ring is 1. The third-order valence-electron chi connectivity index (χ3n) is 2.80. The summed E-state index contributed by atoms with van der Waals surface area (Å²) in [6.07, 6.45) is 0. The zero-order chi connectivity index (χ0) is 13.1. The van der Waals surface area contributed by atoms with Crippen LogP contribution >= 0.6 is 11.3 Å². The lowest BCUT2D eigenvalue weighted by molar-refractivity contribution is 0.00391. The van der Waals surface area contributed by atoms with Gasteiger partial charge in [-0.05, 0) is 13.8 Å². The second kappa shape index (κ2) is 5.53. The summed E-state index contributed by atoms with van der Waals surface area (Å²) in [4.78, 5) is 18.8. The Morgan fingerprint density at radius 1 is 1.72 bits per heavy atom. The first-order valence-corrected chi connectivity index (χ1v) is 6.84. The largest absolute Gasteiger partial charge is 0.382 e. The fraction of sp³-hybridized carbons (Fsp3) is 0.636. The SMILES string of the molecule is CCNc1nc(N)c(C(=O)N2CCOCC2C)s1. The van der Waals surface area contributed by atoms with Gasteiger partial charge in [0.25, 0.3) is 5.91 Å². The molecule has 1 aliphatic heterocycles. The molecule has 2 rings (SSSR count). The van der Waals surface area contributed by atoms with Crippen molar-refractivity contribution in [2.75, 3.05) is 37.4 Å². The van der Waals surface area contributed by atoms with Crippen LogP contribution in [0.4, 0.5) is 10.9 Å². The molecule has 100 valence electrons. The van der Waals surface area contributed by atoms with Crippen LogP contribution < -0.4 is 11.1 Å². The molecule has 1 aromatic heterocycles. The van der Waals surface area contributed by atoms with E-state index in [4.69, 9.17) is 10.5 Å². The standard InChI is InChI=1S/C11H18N4O2S/c1-3-13-11-14-9(12)8(18-11)10(16)15-4-5-17-6-7(15)2/h7H,3-6,12H2,1-2H3,(H,13,14). The summed E-state index contributed by atoms with van der Waals surface area (Å²) in [7, 11) is 0. The number of nitrogens with two attached hydrogens (primary N) is 1. The second-order valence-corrected chi connectivity index (χ2v) is 5.19. The van der Waals surface area contributed by atoms with E-state index in [1.165, 1.54) is 11.3 Å². The van der Waals surface area contributed by atoms with Gasteiger partial charge < -0.3 is 20.7 Å². The highest BCUT2D eigenvalue weighted by molar-refractivity contribution is 7.18. The smallest absolute Gasteiger partial charge is 0.268 e. The first-order chi connectivity index (χ1) is 8.63. The van der Waals surface area contributed by atoms with Crippen LogP contribution in [0.5, 0.6) is 0 Å². The number of anilines is 2. The topological polar surface area (TPSA) is 80.5 Å². The van der Waals surface area contributed by atoms with E-state index in [9.17, 15) is 4.79 Å². The molecular weight excluding hydrogens is 252 g/mol. The fourth-order valence-corrected chi connectivity index (χ4v) is 2.78. The van der Waals surface area contributed by atoms with Crippen LogP contribution in [-0.4, -0.2) is 48.1 Å². The maximum absolute atomic E-state index is 12.4. The number of amides is 1. The number of rotatable bonds is 3. The molecule has 0 saturated carbocycles. The van der Waals surface area contributed by atoms with Gasteiger partial charge in [-0.2, -0.15) is 0 Å². The lowest BCUT2D eigenvalue weighted by Gasteiger charge is -2.32. The molecule has 0 aromatic carbocycles. The average molecular weight is 270 g/mol. The number of carbonyl (C=O) groups is 1. The van der Waals surface area contributed by atoms with E-state index >= 15 is 0 Å². The van der Waals surface area contributed by atoms with Crippen molar-refractivity contribution in [2.24, 2.45) is 0 Å². The van der Waals surface area contributed by atoms with Crippen LogP contribution in [0.1, 0.15) is 23.5 Å². The molecule has 1 aromatic rings. The maximum Gasteiger partial charge on any atom is 0.268 e. The third-order valence-corrected chi connectivity index (χ3v) is 3.82. The lowest BCUT2D eigenvalue weighted by Crippen LogP contribution is -2.47. The van der Waals surface area contributed by atoms with Crippen LogP contribution in [-0.2, 0) is 4.74 Å². The molecule has 0 bridgehead atoms. The minimum Gasteiger partial charge on any atom is -0.382 e. The van der Waals surface area contributed by atoms with E-state index in [-0.39, 0.29) is 11.9 Å². The molecule has 1 saturated heterocycles. The Hall–Kier alpha value is -1.34.